The van der Waals surface area contributed by atoms with Gasteiger partial charge in [-0.3, -0.25) is 4.79 Å². The summed E-state index contributed by atoms with van der Waals surface area (Å²) in [6, 6.07) is 8.32. The van der Waals surface area contributed by atoms with Crippen LogP contribution in [-0.4, -0.2) is 56.6 Å². The van der Waals surface area contributed by atoms with Crippen LogP contribution in [0.15, 0.2) is 30.3 Å². The summed E-state index contributed by atoms with van der Waals surface area (Å²) in [5, 5.41) is 13.6. The lowest BCUT2D eigenvalue weighted by Crippen LogP contribution is -2.57. The number of carboxylic acids is 1. The Labute approximate surface area is 197 Å². The molecule has 1 saturated heterocycles. The first-order valence-corrected chi connectivity index (χ1v) is 12.6. The molecule has 2 aliphatic rings. The number of carboxylic acid groups (broad SMARTS) is 1. The van der Waals surface area contributed by atoms with Gasteiger partial charge in [-0.25, -0.2) is 8.42 Å². The highest BCUT2D eigenvalue weighted by Crippen LogP contribution is 2.51. The van der Waals surface area contributed by atoms with Crippen molar-refractivity contribution in [3.63, 3.8) is 0 Å². The van der Waals surface area contributed by atoms with Gasteiger partial charge in [0, 0.05) is 26.2 Å². The van der Waals surface area contributed by atoms with Crippen LogP contribution in [0, 0.1) is 19.8 Å². The topological polar surface area (TPSA) is 95.9 Å². The van der Waals surface area contributed by atoms with Crippen LogP contribution < -0.4 is 10.1 Å². The van der Waals surface area contributed by atoms with Gasteiger partial charge >= 0.3 is 12.6 Å². The van der Waals surface area contributed by atoms with Crippen molar-refractivity contribution in [2.24, 2.45) is 5.92 Å². The number of aliphatic carboxylic acids is 1. The molecule has 1 aliphatic heterocycles. The molecule has 2 N–H and O–H groups in total. The predicted molar refractivity (Wildman–Crippen MR) is 124 cm³/mol. The maximum atomic E-state index is 13.9. The Morgan fingerprint density at radius 1 is 1.21 bits per heavy atom. The minimum atomic E-state index is -4.24. The van der Waals surface area contributed by atoms with E-state index in [0.29, 0.717) is 35.3 Å². The Hall–Kier alpha value is -2.56. The van der Waals surface area contributed by atoms with Crippen LogP contribution in [0.1, 0.15) is 29.2 Å². The highest BCUT2D eigenvalue weighted by Gasteiger charge is 2.62. The van der Waals surface area contributed by atoms with Crippen LogP contribution in [0.25, 0.3) is 11.1 Å². The molecule has 0 amide bonds. The highest BCUT2D eigenvalue weighted by atomic mass is 32.2. The number of aryl methyl sites for hydroxylation is 2. The van der Waals surface area contributed by atoms with E-state index in [1.165, 1.54) is 10.4 Å². The van der Waals surface area contributed by atoms with Crippen molar-refractivity contribution in [3.8, 4) is 16.9 Å². The van der Waals surface area contributed by atoms with Gasteiger partial charge < -0.3 is 15.2 Å². The molecule has 2 unspecified atom stereocenters. The second kappa shape index (κ2) is 8.90. The molecule has 0 saturated carbocycles. The standard InChI is InChI=1S/C24H28F2N2O5S/c1-14-10-18(17-4-5-21(15(2)12-17)33-23(25)26)19-13-16(3)24(22(29)30,20(19)11-14)34(31,32)28-8-6-27-7-9-28/h4-5,10-12,16,23,27H,6-9,13H2,1-3H3,(H,29,30). The van der Waals surface area contributed by atoms with Gasteiger partial charge in [0.15, 0.2) is 0 Å². The minimum absolute atomic E-state index is 0.0533. The summed E-state index contributed by atoms with van der Waals surface area (Å²) in [6.45, 7) is 3.50. The van der Waals surface area contributed by atoms with Crippen LogP contribution in [0.5, 0.6) is 5.75 Å². The van der Waals surface area contributed by atoms with E-state index in [-0.39, 0.29) is 30.8 Å². The van der Waals surface area contributed by atoms with Crippen molar-refractivity contribution in [2.45, 2.75) is 38.6 Å². The molecule has 2 aromatic carbocycles. The van der Waals surface area contributed by atoms with Crippen LogP contribution in [0.4, 0.5) is 8.78 Å². The number of piperazine rings is 1. The minimum Gasteiger partial charge on any atom is -0.480 e. The number of sulfonamides is 1. The Bertz CT molecular complexity index is 1230. The van der Waals surface area contributed by atoms with Gasteiger partial charge in [-0.1, -0.05) is 30.7 Å². The Balaban J connectivity index is 1.90. The smallest absolute Gasteiger partial charge is 0.387 e. The van der Waals surface area contributed by atoms with Gasteiger partial charge in [-0.15, -0.1) is 0 Å². The van der Waals surface area contributed by atoms with Crippen molar-refractivity contribution in [3.05, 3.63) is 52.6 Å². The summed E-state index contributed by atoms with van der Waals surface area (Å²) < 4.78 is 56.9. The van der Waals surface area contributed by atoms with Gasteiger partial charge in [-0.2, -0.15) is 13.1 Å². The number of rotatable bonds is 6. The average molecular weight is 495 g/mol. The van der Waals surface area contributed by atoms with Crippen molar-refractivity contribution in [1.82, 2.24) is 9.62 Å². The van der Waals surface area contributed by atoms with Crippen LogP contribution in [-0.2, 0) is 26.0 Å². The monoisotopic (exact) mass is 494 g/mol. The molecule has 2 aromatic rings. The fraction of sp³-hybridized carbons (Fsp3) is 0.458. The van der Waals surface area contributed by atoms with E-state index >= 15 is 0 Å². The molecular formula is C24H28F2N2O5S. The molecule has 1 heterocycles. The molecular weight excluding hydrogens is 466 g/mol. The number of nitrogens with zero attached hydrogens (tertiary/aromatic N) is 1. The SMILES string of the molecule is Cc1cc(-c2ccc(OC(F)F)c(C)c2)c2c(c1)C(C(=O)O)(S(=O)(=O)N1CCNCC1)C(C)C2. The first-order valence-electron chi connectivity index (χ1n) is 11.1. The van der Waals surface area contributed by atoms with Gasteiger partial charge in [0.1, 0.15) is 5.75 Å². The first-order chi connectivity index (χ1) is 16.0. The molecule has 4 rings (SSSR count). The van der Waals surface area contributed by atoms with E-state index in [2.05, 4.69) is 10.1 Å². The summed E-state index contributed by atoms with van der Waals surface area (Å²) in [7, 11) is -4.24. The Morgan fingerprint density at radius 3 is 2.47 bits per heavy atom. The highest BCUT2D eigenvalue weighted by molar-refractivity contribution is 7.90. The fourth-order valence-corrected chi connectivity index (χ4v) is 7.65. The van der Waals surface area contributed by atoms with Gasteiger partial charge in [0.05, 0.1) is 0 Å². The van der Waals surface area contributed by atoms with Crippen molar-refractivity contribution < 1.29 is 31.8 Å². The Kier molecular flexibility index (Phi) is 6.43. The first kappa shape index (κ1) is 24.6. The third-order valence-corrected chi connectivity index (χ3v) is 9.50. The molecule has 34 heavy (non-hydrogen) atoms. The molecule has 1 fully saturated rings. The largest absolute Gasteiger partial charge is 0.480 e. The molecule has 7 nitrogen and oxygen atoms in total. The van der Waals surface area contributed by atoms with E-state index < -0.39 is 33.3 Å². The molecule has 0 aromatic heterocycles. The number of alkyl halides is 2. The molecule has 0 bridgehead atoms. The normalized spacial score (nSPS) is 23.2. The quantitative estimate of drug-likeness (QED) is 0.640. The second-order valence-corrected chi connectivity index (χ2v) is 11.1. The number of hydrogen-bond donors (Lipinski definition) is 2. The number of benzene rings is 2. The number of carbonyl (C=O) groups is 1. The van der Waals surface area contributed by atoms with Gasteiger partial charge in [0.2, 0.25) is 14.8 Å². The number of halogens is 2. The van der Waals surface area contributed by atoms with Crippen LogP contribution in [0.3, 0.4) is 0 Å². The molecule has 10 heteroatoms. The summed E-state index contributed by atoms with van der Waals surface area (Å²) >= 11 is 0. The second-order valence-electron chi connectivity index (χ2n) is 9.00. The summed E-state index contributed by atoms with van der Waals surface area (Å²) in [5.41, 5.74) is 3.54. The molecule has 0 spiro atoms. The average Bonchev–Trinajstić information content (AvgIpc) is 3.08. The van der Waals surface area contributed by atoms with E-state index in [4.69, 9.17) is 0 Å². The molecule has 2 atom stereocenters. The number of nitrogens with one attached hydrogen (secondary N) is 1. The van der Waals surface area contributed by atoms with Crippen LogP contribution >= 0.6 is 0 Å². The lowest BCUT2D eigenvalue weighted by atomic mass is 9.90. The van der Waals surface area contributed by atoms with Crippen LogP contribution in [0.2, 0.25) is 0 Å². The van der Waals surface area contributed by atoms with E-state index in [1.807, 2.05) is 6.07 Å². The number of hydrogen-bond acceptors (Lipinski definition) is 5. The lowest BCUT2D eigenvalue weighted by molar-refractivity contribution is -0.141. The summed E-state index contributed by atoms with van der Waals surface area (Å²) in [4.78, 5) is 12.8. The Morgan fingerprint density at radius 2 is 1.88 bits per heavy atom. The predicted octanol–water partition coefficient (Wildman–Crippen LogP) is 3.28. The number of fused-ring (bicyclic) bond motifs is 1. The van der Waals surface area contributed by atoms with Crippen molar-refractivity contribution in [2.75, 3.05) is 26.2 Å². The lowest BCUT2D eigenvalue weighted by Gasteiger charge is -2.37. The fourth-order valence-electron chi connectivity index (χ4n) is 5.30. The maximum Gasteiger partial charge on any atom is 0.387 e. The zero-order chi connectivity index (χ0) is 24.8. The maximum absolute atomic E-state index is 13.9. The summed E-state index contributed by atoms with van der Waals surface area (Å²) in [6.07, 6.45) is 0.261. The third-order valence-electron chi connectivity index (χ3n) is 6.84. The van der Waals surface area contributed by atoms with Gasteiger partial charge in [0.25, 0.3) is 0 Å². The number of ether oxygens (including phenoxy) is 1. The van der Waals surface area contributed by atoms with E-state index in [9.17, 15) is 27.1 Å². The third kappa shape index (κ3) is 3.77. The summed E-state index contributed by atoms with van der Waals surface area (Å²) in [5.74, 6) is -2.04. The van der Waals surface area contributed by atoms with E-state index in [0.717, 1.165) is 5.56 Å². The van der Waals surface area contributed by atoms with E-state index in [1.54, 1.807) is 39.0 Å². The van der Waals surface area contributed by atoms with Crippen molar-refractivity contribution in [1.29, 1.82) is 0 Å². The molecule has 1 aliphatic carbocycles. The zero-order valence-electron chi connectivity index (χ0n) is 19.3. The van der Waals surface area contributed by atoms with Gasteiger partial charge in [-0.05, 0) is 66.1 Å². The van der Waals surface area contributed by atoms with Crippen molar-refractivity contribution >= 4 is 16.0 Å². The zero-order valence-corrected chi connectivity index (χ0v) is 20.1. The molecule has 184 valence electrons. The molecule has 0 radical (unpaired) electrons.